The zero-order valence-corrected chi connectivity index (χ0v) is 11.9. The van der Waals surface area contributed by atoms with Crippen LogP contribution in [0.1, 0.15) is 27.2 Å². The van der Waals surface area contributed by atoms with Crippen molar-refractivity contribution in [2.45, 2.75) is 38.9 Å². The van der Waals surface area contributed by atoms with Gasteiger partial charge < -0.3 is 19.1 Å². The van der Waals surface area contributed by atoms with Crippen LogP contribution in [0.4, 0.5) is 4.79 Å². The van der Waals surface area contributed by atoms with Gasteiger partial charge in [0.1, 0.15) is 11.0 Å². The fourth-order valence-corrected chi connectivity index (χ4v) is 2.32. The molecule has 6 nitrogen and oxygen atoms in total. The van der Waals surface area contributed by atoms with E-state index in [0.29, 0.717) is 26.1 Å². The second-order valence-corrected chi connectivity index (χ2v) is 6.27. The molecule has 2 aliphatic rings. The van der Waals surface area contributed by atoms with Crippen molar-refractivity contribution < 1.29 is 23.8 Å². The van der Waals surface area contributed by atoms with E-state index in [4.69, 9.17) is 14.2 Å². The fourth-order valence-electron chi connectivity index (χ4n) is 2.32. The smallest absolute Gasteiger partial charge is 0.410 e. The molecule has 6 heteroatoms. The van der Waals surface area contributed by atoms with Crippen molar-refractivity contribution >= 4 is 12.1 Å². The second kappa shape index (κ2) is 4.67. The van der Waals surface area contributed by atoms with Crippen molar-refractivity contribution in [1.29, 1.82) is 0 Å². The number of carbonyl (C=O) groups excluding carboxylic acids is 2. The van der Waals surface area contributed by atoms with Crippen LogP contribution in [0, 0.1) is 5.41 Å². The van der Waals surface area contributed by atoms with Crippen LogP contribution in [0.2, 0.25) is 0 Å². The third-order valence-electron chi connectivity index (χ3n) is 3.28. The largest absolute Gasteiger partial charge is 0.468 e. The number of carbonyl (C=O) groups is 2. The summed E-state index contributed by atoms with van der Waals surface area (Å²) in [5.41, 5.74) is -1.15. The zero-order valence-electron chi connectivity index (χ0n) is 11.9. The Morgan fingerprint density at radius 3 is 2.37 bits per heavy atom. The molecule has 1 unspecified atom stereocenters. The molecule has 1 atom stereocenters. The first-order valence-electron chi connectivity index (χ1n) is 6.44. The van der Waals surface area contributed by atoms with Crippen molar-refractivity contribution in [3.8, 4) is 0 Å². The Morgan fingerprint density at radius 2 is 1.95 bits per heavy atom. The van der Waals surface area contributed by atoms with Crippen LogP contribution in [-0.4, -0.2) is 55.5 Å². The van der Waals surface area contributed by atoms with E-state index >= 15 is 0 Å². The summed E-state index contributed by atoms with van der Waals surface area (Å²) in [7, 11) is 1.37. The summed E-state index contributed by atoms with van der Waals surface area (Å²) in [6.07, 6.45) is 0.350. The van der Waals surface area contributed by atoms with Gasteiger partial charge in [-0.15, -0.1) is 0 Å². The average molecular weight is 271 g/mol. The topological polar surface area (TPSA) is 68.4 Å². The summed E-state index contributed by atoms with van der Waals surface area (Å²) in [5, 5.41) is 0. The first kappa shape index (κ1) is 14.1. The van der Waals surface area contributed by atoms with E-state index in [2.05, 4.69) is 0 Å². The predicted molar refractivity (Wildman–Crippen MR) is 66.6 cm³/mol. The molecule has 0 radical (unpaired) electrons. The highest BCUT2D eigenvalue weighted by molar-refractivity contribution is 5.82. The maximum Gasteiger partial charge on any atom is 0.410 e. The Kier molecular flexibility index (Phi) is 3.47. The maximum atomic E-state index is 11.9. The Morgan fingerprint density at radius 1 is 1.37 bits per heavy atom. The van der Waals surface area contributed by atoms with Crippen molar-refractivity contribution in [1.82, 2.24) is 4.90 Å². The summed E-state index contributed by atoms with van der Waals surface area (Å²) in [4.78, 5) is 25.3. The quantitative estimate of drug-likeness (QED) is 0.569. The Hall–Kier alpha value is -1.30. The van der Waals surface area contributed by atoms with Crippen LogP contribution >= 0.6 is 0 Å². The number of hydrogen-bond acceptors (Lipinski definition) is 5. The third kappa shape index (κ3) is 3.18. The lowest BCUT2D eigenvalue weighted by Crippen LogP contribution is -2.63. The summed E-state index contributed by atoms with van der Waals surface area (Å²) in [6, 6.07) is 0. The molecule has 0 spiro atoms. The Labute approximate surface area is 113 Å². The molecule has 0 N–H and O–H groups in total. The minimum absolute atomic E-state index is 0.125. The van der Waals surface area contributed by atoms with Gasteiger partial charge in [-0.3, -0.25) is 4.79 Å². The van der Waals surface area contributed by atoms with Crippen molar-refractivity contribution in [3.05, 3.63) is 0 Å². The maximum absolute atomic E-state index is 11.9. The number of ether oxygens (including phenoxy) is 3. The number of amides is 1. The molecule has 2 heterocycles. The van der Waals surface area contributed by atoms with E-state index < -0.39 is 11.0 Å². The molecule has 19 heavy (non-hydrogen) atoms. The third-order valence-corrected chi connectivity index (χ3v) is 3.28. The van der Waals surface area contributed by atoms with Gasteiger partial charge in [-0.2, -0.15) is 0 Å². The molecular formula is C13H21NO5. The van der Waals surface area contributed by atoms with Gasteiger partial charge in [-0.1, -0.05) is 0 Å². The number of nitrogens with zero attached hydrogens (tertiary/aromatic N) is 1. The van der Waals surface area contributed by atoms with Gasteiger partial charge in [0, 0.05) is 13.1 Å². The van der Waals surface area contributed by atoms with Crippen LogP contribution in [0.15, 0.2) is 0 Å². The minimum atomic E-state index is -0.618. The molecule has 0 bridgehead atoms. The van der Waals surface area contributed by atoms with Crippen molar-refractivity contribution in [3.63, 3.8) is 0 Å². The first-order valence-corrected chi connectivity index (χ1v) is 6.44. The molecule has 0 aliphatic carbocycles. The van der Waals surface area contributed by atoms with Crippen molar-refractivity contribution in [2.75, 3.05) is 26.8 Å². The van der Waals surface area contributed by atoms with Gasteiger partial charge in [0.15, 0.2) is 0 Å². The number of rotatable bonds is 3. The molecule has 0 aromatic carbocycles. The molecule has 2 rings (SSSR count). The summed E-state index contributed by atoms with van der Waals surface area (Å²) >= 11 is 0. The Balaban J connectivity index is 1.93. The van der Waals surface area contributed by atoms with E-state index in [1.807, 2.05) is 20.8 Å². The molecule has 0 aromatic heterocycles. The van der Waals surface area contributed by atoms with Crippen molar-refractivity contribution in [2.24, 2.45) is 5.41 Å². The van der Waals surface area contributed by atoms with E-state index in [1.54, 1.807) is 0 Å². The van der Waals surface area contributed by atoms with Gasteiger partial charge in [-0.25, -0.2) is 4.79 Å². The lowest BCUT2D eigenvalue weighted by atomic mass is 9.76. The number of likely N-dealkylation sites (tertiary alicyclic amines) is 1. The number of methoxy groups -OCH3 is 1. The SMILES string of the molecule is COC(=O)C1(CC2CO2)CN(C(=O)OC(C)(C)C)C1. The summed E-state index contributed by atoms with van der Waals surface area (Å²) < 4.78 is 15.3. The molecule has 2 aliphatic heterocycles. The van der Waals surface area contributed by atoms with Gasteiger partial charge in [0.05, 0.1) is 19.8 Å². The number of hydrogen-bond donors (Lipinski definition) is 0. The monoisotopic (exact) mass is 271 g/mol. The predicted octanol–water partition coefficient (Wildman–Crippen LogP) is 1.19. The van der Waals surface area contributed by atoms with E-state index in [9.17, 15) is 9.59 Å². The molecule has 2 fully saturated rings. The molecule has 108 valence electrons. The van der Waals surface area contributed by atoms with Gasteiger partial charge in [0.2, 0.25) is 0 Å². The number of esters is 1. The van der Waals surface area contributed by atoms with E-state index in [1.165, 1.54) is 12.0 Å². The van der Waals surface area contributed by atoms with Crippen LogP contribution in [0.5, 0.6) is 0 Å². The second-order valence-electron chi connectivity index (χ2n) is 6.27. The van der Waals surface area contributed by atoms with Crippen LogP contribution in [0.3, 0.4) is 0 Å². The minimum Gasteiger partial charge on any atom is -0.468 e. The molecule has 2 saturated heterocycles. The van der Waals surface area contributed by atoms with Crippen LogP contribution in [-0.2, 0) is 19.0 Å². The molecular weight excluding hydrogens is 250 g/mol. The lowest BCUT2D eigenvalue weighted by molar-refractivity contribution is -0.164. The van der Waals surface area contributed by atoms with E-state index in [-0.39, 0.29) is 18.2 Å². The highest BCUT2D eigenvalue weighted by Gasteiger charge is 2.55. The van der Waals surface area contributed by atoms with Gasteiger partial charge in [0.25, 0.3) is 0 Å². The summed E-state index contributed by atoms with van der Waals surface area (Å²) in [5.74, 6) is -0.275. The lowest BCUT2D eigenvalue weighted by Gasteiger charge is -2.47. The van der Waals surface area contributed by atoms with Gasteiger partial charge >= 0.3 is 12.1 Å². The highest BCUT2D eigenvalue weighted by atomic mass is 16.6. The zero-order chi connectivity index (χ0) is 14.3. The van der Waals surface area contributed by atoms with Crippen LogP contribution in [0.25, 0.3) is 0 Å². The summed E-state index contributed by atoms with van der Waals surface area (Å²) in [6.45, 7) is 6.82. The molecule has 0 aromatic rings. The fraction of sp³-hybridized carbons (Fsp3) is 0.846. The normalized spacial score (nSPS) is 24.4. The van der Waals surface area contributed by atoms with Crippen LogP contribution < -0.4 is 0 Å². The average Bonchev–Trinajstić information content (AvgIpc) is 3.02. The molecule has 1 amide bonds. The van der Waals surface area contributed by atoms with E-state index in [0.717, 1.165) is 0 Å². The molecule has 0 saturated carbocycles. The standard InChI is InChI=1S/C13H21NO5/c1-12(2,3)19-11(16)14-7-13(8-14,10(15)17-4)5-9-6-18-9/h9H,5-8H2,1-4H3. The van der Waals surface area contributed by atoms with Gasteiger partial charge in [-0.05, 0) is 27.2 Å². The number of epoxide rings is 1. The Bertz CT molecular complexity index is 377. The first-order chi connectivity index (χ1) is 8.76. The highest BCUT2D eigenvalue weighted by Crippen LogP contribution is 2.40.